The largest absolute Gasteiger partial charge is 0.381 e. The van der Waals surface area contributed by atoms with Gasteiger partial charge in [-0.1, -0.05) is 0 Å². The molecule has 6 nitrogen and oxygen atoms in total. The van der Waals surface area contributed by atoms with E-state index in [2.05, 4.69) is 9.88 Å². The maximum atomic E-state index is 12.4. The molecule has 1 saturated heterocycles. The maximum absolute atomic E-state index is 12.4. The molecule has 0 unspecified atom stereocenters. The van der Waals surface area contributed by atoms with Gasteiger partial charge in [-0.2, -0.15) is 0 Å². The van der Waals surface area contributed by atoms with E-state index >= 15 is 0 Å². The van der Waals surface area contributed by atoms with Gasteiger partial charge < -0.3 is 14.2 Å². The molecular weight excluding hydrogens is 268 g/mol. The number of fused-ring (bicyclic) bond motifs is 1. The molecule has 0 saturated carbocycles. The topological polar surface area (TPSA) is 50.6 Å². The van der Waals surface area contributed by atoms with Gasteiger partial charge in [0.25, 0.3) is 0 Å². The lowest BCUT2D eigenvalue weighted by molar-refractivity contribution is -0.133. The van der Waals surface area contributed by atoms with Crippen LogP contribution in [0.15, 0.2) is 12.5 Å². The summed E-state index contributed by atoms with van der Waals surface area (Å²) in [6.45, 7) is 4.45. The highest BCUT2D eigenvalue weighted by Crippen LogP contribution is 2.25. The summed E-state index contributed by atoms with van der Waals surface area (Å²) >= 11 is 0. The minimum absolute atomic E-state index is 0.144. The Labute approximate surface area is 125 Å². The molecule has 1 amide bonds. The molecule has 6 heteroatoms. The smallest absolute Gasteiger partial charge is 0.246 e. The minimum atomic E-state index is -0.147. The van der Waals surface area contributed by atoms with Crippen LogP contribution in [-0.2, 0) is 16.1 Å². The lowest BCUT2D eigenvalue weighted by Crippen LogP contribution is -2.45. The Morgan fingerprint density at radius 2 is 2.19 bits per heavy atom. The van der Waals surface area contributed by atoms with Gasteiger partial charge in [0.2, 0.25) is 5.91 Å². The molecule has 1 atom stereocenters. The zero-order chi connectivity index (χ0) is 14.8. The van der Waals surface area contributed by atoms with E-state index in [0.29, 0.717) is 5.92 Å². The van der Waals surface area contributed by atoms with Crippen molar-refractivity contribution in [3.63, 3.8) is 0 Å². The summed E-state index contributed by atoms with van der Waals surface area (Å²) in [5, 5.41) is 0. The summed E-state index contributed by atoms with van der Waals surface area (Å²) in [4.78, 5) is 20.7. The maximum Gasteiger partial charge on any atom is 0.246 e. The van der Waals surface area contributed by atoms with Crippen molar-refractivity contribution in [3.05, 3.63) is 18.2 Å². The number of rotatable bonds is 3. The molecule has 3 heterocycles. The molecule has 116 valence electrons. The Kier molecular flexibility index (Phi) is 4.26. The quantitative estimate of drug-likeness (QED) is 0.825. The fourth-order valence-corrected chi connectivity index (χ4v) is 3.29. The van der Waals surface area contributed by atoms with Crippen LogP contribution in [0.1, 0.15) is 24.6 Å². The highest BCUT2D eigenvalue weighted by Gasteiger charge is 2.32. The number of aromatic nitrogens is 2. The van der Waals surface area contributed by atoms with Crippen LogP contribution in [-0.4, -0.2) is 65.7 Å². The van der Waals surface area contributed by atoms with Crippen LogP contribution in [0.2, 0.25) is 0 Å². The molecule has 1 aromatic heterocycles. The number of imidazole rings is 1. The van der Waals surface area contributed by atoms with Crippen molar-refractivity contribution in [1.29, 1.82) is 0 Å². The summed E-state index contributed by atoms with van der Waals surface area (Å²) in [6.07, 6.45) is 5.92. The predicted molar refractivity (Wildman–Crippen MR) is 78.8 cm³/mol. The Morgan fingerprint density at radius 3 is 2.90 bits per heavy atom. The van der Waals surface area contributed by atoms with Gasteiger partial charge in [0.15, 0.2) is 0 Å². The van der Waals surface area contributed by atoms with E-state index in [1.54, 1.807) is 11.2 Å². The van der Waals surface area contributed by atoms with Gasteiger partial charge >= 0.3 is 0 Å². The first-order valence-corrected chi connectivity index (χ1v) is 7.67. The minimum Gasteiger partial charge on any atom is -0.381 e. The lowest BCUT2D eigenvalue weighted by Gasteiger charge is -2.37. The van der Waals surface area contributed by atoms with Crippen molar-refractivity contribution in [3.8, 4) is 0 Å². The molecule has 0 bridgehead atoms. The third-order valence-corrected chi connectivity index (χ3v) is 4.48. The van der Waals surface area contributed by atoms with Gasteiger partial charge in [0, 0.05) is 53.1 Å². The Bertz CT molecular complexity index is 494. The second-order valence-corrected chi connectivity index (χ2v) is 6.29. The standard InChI is InChI=1S/C15H24N4O2/c1-17(2)15(20)14-10-18(8-12-3-5-21-6-4-12)9-13-7-16-11-19(13)14/h7,11-12,14H,3-6,8-10H2,1-2H3/t14-/m1/s1. The fraction of sp³-hybridized carbons (Fsp3) is 0.733. The molecule has 21 heavy (non-hydrogen) atoms. The molecule has 2 aliphatic heterocycles. The molecule has 0 aromatic carbocycles. The summed E-state index contributed by atoms with van der Waals surface area (Å²) in [5.41, 5.74) is 1.13. The number of likely N-dealkylation sites (N-methyl/N-ethyl adjacent to an activating group) is 1. The summed E-state index contributed by atoms with van der Waals surface area (Å²) in [6, 6.07) is -0.147. The average molecular weight is 292 g/mol. The second kappa shape index (κ2) is 6.15. The summed E-state index contributed by atoms with van der Waals surface area (Å²) < 4.78 is 7.46. The van der Waals surface area contributed by atoms with E-state index in [1.807, 2.05) is 24.9 Å². The zero-order valence-electron chi connectivity index (χ0n) is 12.9. The van der Waals surface area contributed by atoms with Crippen LogP contribution in [0, 0.1) is 5.92 Å². The van der Waals surface area contributed by atoms with E-state index in [0.717, 1.165) is 51.4 Å². The number of hydrogen-bond acceptors (Lipinski definition) is 4. The van der Waals surface area contributed by atoms with Gasteiger partial charge in [0.1, 0.15) is 6.04 Å². The first-order chi connectivity index (χ1) is 10.1. The second-order valence-electron chi connectivity index (χ2n) is 6.29. The molecule has 3 rings (SSSR count). The molecule has 0 radical (unpaired) electrons. The molecule has 0 spiro atoms. The Hall–Kier alpha value is -1.40. The zero-order valence-corrected chi connectivity index (χ0v) is 12.9. The third kappa shape index (κ3) is 3.11. The average Bonchev–Trinajstić information content (AvgIpc) is 2.95. The first kappa shape index (κ1) is 14.5. The highest BCUT2D eigenvalue weighted by molar-refractivity contribution is 5.80. The third-order valence-electron chi connectivity index (χ3n) is 4.48. The molecule has 2 aliphatic rings. The van der Waals surface area contributed by atoms with Crippen LogP contribution in [0.5, 0.6) is 0 Å². The van der Waals surface area contributed by atoms with Crippen molar-refractivity contribution in [2.24, 2.45) is 5.92 Å². The number of carbonyl (C=O) groups is 1. The number of hydrogen-bond donors (Lipinski definition) is 0. The monoisotopic (exact) mass is 292 g/mol. The van der Waals surface area contributed by atoms with Crippen molar-refractivity contribution in [1.82, 2.24) is 19.4 Å². The first-order valence-electron chi connectivity index (χ1n) is 7.67. The van der Waals surface area contributed by atoms with Crippen LogP contribution in [0.3, 0.4) is 0 Å². The van der Waals surface area contributed by atoms with Gasteiger partial charge in [0.05, 0.1) is 12.0 Å². The fourth-order valence-electron chi connectivity index (χ4n) is 3.29. The van der Waals surface area contributed by atoms with Gasteiger partial charge in [-0.05, 0) is 18.8 Å². The van der Waals surface area contributed by atoms with Crippen molar-refractivity contribution >= 4 is 5.91 Å². The number of ether oxygens (including phenoxy) is 1. The number of amides is 1. The summed E-state index contributed by atoms with van der Waals surface area (Å²) in [7, 11) is 3.63. The molecule has 1 aromatic rings. The predicted octanol–water partition coefficient (Wildman–Crippen LogP) is 0.755. The van der Waals surface area contributed by atoms with Crippen LogP contribution < -0.4 is 0 Å². The molecular formula is C15H24N4O2. The number of carbonyl (C=O) groups excluding carboxylic acids is 1. The van der Waals surface area contributed by atoms with Crippen molar-refractivity contribution in [2.45, 2.75) is 25.4 Å². The Morgan fingerprint density at radius 1 is 1.43 bits per heavy atom. The van der Waals surface area contributed by atoms with Crippen LogP contribution in [0.4, 0.5) is 0 Å². The molecule has 1 fully saturated rings. The van der Waals surface area contributed by atoms with E-state index in [4.69, 9.17) is 4.74 Å². The van der Waals surface area contributed by atoms with Crippen molar-refractivity contribution < 1.29 is 9.53 Å². The van der Waals surface area contributed by atoms with Gasteiger partial charge in [-0.25, -0.2) is 4.98 Å². The van der Waals surface area contributed by atoms with E-state index in [9.17, 15) is 4.79 Å². The number of nitrogens with zero attached hydrogens (tertiary/aromatic N) is 4. The SMILES string of the molecule is CN(C)C(=O)[C@H]1CN(CC2CCOCC2)Cc2cncn21. The normalized spacial score (nSPS) is 23.8. The lowest BCUT2D eigenvalue weighted by atomic mass is 9.98. The van der Waals surface area contributed by atoms with Crippen molar-refractivity contribution in [2.75, 3.05) is 40.4 Å². The van der Waals surface area contributed by atoms with E-state index in [1.165, 1.54) is 0 Å². The molecule has 0 N–H and O–H groups in total. The van der Waals surface area contributed by atoms with Gasteiger partial charge in [-0.3, -0.25) is 9.69 Å². The van der Waals surface area contributed by atoms with Crippen LogP contribution >= 0.6 is 0 Å². The highest BCUT2D eigenvalue weighted by atomic mass is 16.5. The molecule has 0 aliphatic carbocycles. The van der Waals surface area contributed by atoms with Crippen LogP contribution in [0.25, 0.3) is 0 Å². The van der Waals surface area contributed by atoms with E-state index in [-0.39, 0.29) is 11.9 Å². The van der Waals surface area contributed by atoms with Gasteiger partial charge in [-0.15, -0.1) is 0 Å². The Balaban J connectivity index is 1.72. The summed E-state index contributed by atoms with van der Waals surface area (Å²) in [5.74, 6) is 0.828. The van der Waals surface area contributed by atoms with E-state index < -0.39 is 0 Å².